The van der Waals surface area contributed by atoms with Crippen LogP contribution in [0.15, 0.2) is 30.3 Å². The number of amides is 1. The third-order valence-corrected chi connectivity index (χ3v) is 2.43. The highest BCUT2D eigenvalue weighted by Gasteiger charge is 2.08. The van der Waals surface area contributed by atoms with Gasteiger partial charge in [-0.2, -0.15) is 0 Å². The first-order chi connectivity index (χ1) is 8.24. The van der Waals surface area contributed by atoms with Gasteiger partial charge in [0.1, 0.15) is 6.61 Å². The van der Waals surface area contributed by atoms with Gasteiger partial charge in [0, 0.05) is 13.6 Å². The fraction of sp³-hybridized carbons (Fsp3) is 0.462. The highest BCUT2D eigenvalue weighted by molar-refractivity contribution is 5.67. The van der Waals surface area contributed by atoms with Gasteiger partial charge in [-0.3, -0.25) is 0 Å². The van der Waals surface area contributed by atoms with E-state index < -0.39 is 0 Å². The first-order valence-electron chi connectivity index (χ1n) is 5.76. The molecule has 0 aromatic heterocycles. The van der Waals surface area contributed by atoms with Gasteiger partial charge in [-0.05, 0) is 18.4 Å². The van der Waals surface area contributed by atoms with Gasteiger partial charge in [0.25, 0.3) is 0 Å². The summed E-state index contributed by atoms with van der Waals surface area (Å²) in [4.78, 5) is 12.9. The van der Waals surface area contributed by atoms with Gasteiger partial charge in [-0.1, -0.05) is 30.3 Å². The Morgan fingerprint density at radius 3 is 2.71 bits per heavy atom. The van der Waals surface area contributed by atoms with Crippen molar-refractivity contribution in [1.29, 1.82) is 0 Å². The largest absolute Gasteiger partial charge is 0.447 e. The van der Waals surface area contributed by atoms with Crippen LogP contribution in [0.25, 0.3) is 0 Å². The summed E-state index contributed by atoms with van der Waals surface area (Å²) in [5.74, 6) is 0. The first-order valence-corrected chi connectivity index (χ1v) is 5.76. The van der Waals surface area contributed by atoms with Gasteiger partial charge >= 0.3 is 6.09 Å². The Hall–Kier alpha value is -1.55. The zero-order valence-electron chi connectivity index (χ0n) is 10.1. The monoisotopic (exact) mass is 237 g/mol. The van der Waals surface area contributed by atoms with Crippen LogP contribution < -0.4 is 0 Å². The van der Waals surface area contributed by atoms with E-state index in [2.05, 4.69) is 12.1 Å². The number of rotatable bonds is 6. The first kappa shape index (κ1) is 13.5. The fourth-order valence-corrected chi connectivity index (χ4v) is 1.50. The molecule has 0 unspecified atom stereocenters. The molecule has 4 nitrogen and oxygen atoms in total. The Morgan fingerprint density at radius 1 is 1.35 bits per heavy atom. The molecular formula is C13H19NO3. The molecule has 1 aromatic rings. The molecule has 1 amide bonds. The Balaban J connectivity index is 2.20. The molecule has 4 heteroatoms. The van der Waals surface area contributed by atoms with Crippen LogP contribution in [0.2, 0.25) is 0 Å². The van der Waals surface area contributed by atoms with Gasteiger partial charge in [-0.25, -0.2) is 4.79 Å². The van der Waals surface area contributed by atoms with E-state index in [1.54, 1.807) is 7.05 Å². The molecule has 1 N–H and O–H groups in total. The lowest BCUT2D eigenvalue weighted by Crippen LogP contribution is -2.29. The predicted octanol–water partition coefficient (Wildman–Crippen LogP) is 1.68. The van der Waals surface area contributed by atoms with Crippen LogP contribution in [0.4, 0.5) is 4.79 Å². The second-order valence-corrected chi connectivity index (χ2v) is 3.85. The highest BCUT2D eigenvalue weighted by atomic mass is 16.6. The van der Waals surface area contributed by atoms with Crippen molar-refractivity contribution in [3.63, 3.8) is 0 Å². The fourth-order valence-electron chi connectivity index (χ4n) is 1.50. The molecule has 0 bridgehead atoms. The van der Waals surface area contributed by atoms with Crippen LogP contribution in [0.3, 0.4) is 0 Å². The van der Waals surface area contributed by atoms with E-state index in [9.17, 15) is 4.79 Å². The van der Waals surface area contributed by atoms with E-state index in [-0.39, 0.29) is 19.3 Å². The van der Waals surface area contributed by atoms with Gasteiger partial charge < -0.3 is 14.7 Å². The number of aliphatic hydroxyl groups excluding tert-OH is 1. The maximum absolute atomic E-state index is 11.3. The lowest BCUT2D eigenvalue weighted by molar-refractivity contribution is 0.0908. The highest BCUT2D eigenvalue weighted by Crippen LogP contribution is 2.03. The molecule has 0 saturated heterocycles. The molecule has 94 valence electrons. The summed E-state index contributed by atoms with van der Waals surface area (Å²) in [6.07, 6.45) is 1.46. The van der Waals surface area contributed by atoms with Crippen molar-refractivity contribution in [1.82, 2.24) is 4.90 Å². The molecule has 0 aliphatic heterocycles. The summed E-state index contributed by atoms with van der Waals surface area (Å²) in [6.45, 7) is 0.574. The van der Waals surface area contributed by atoms with Crippen LogP contribution >= 0.6 is 0 Å². The average molecular weight is 237 g/mol. The van der Waals surface area contributed by atoms with Crippen molar-refractivity contribution in [3.05, 3.63) is 35.9 Å². The molecular weight excluding hydrogens is 218 g/mol. The van der Waals surface area contributed by atoms with Gasteiger partial charge in [0.05, 0.1) is 6.61 Å². The normalized spacial score (nSPS) is 10.0. The predicted molar refractivity (Wildman–Crippen MR) is 65.8 cm³/mol. The van der Waals surface area contributed by atoms with Gasteiger partial charge in [-0.15, -0.1) is 0 Å². The lowest BCUT2D eigenvalue weighted by Gasteiger charge is -2.16. The summed E-state index contributed by atoms with van der Waals surface area (Å²) in [5, 5.41) is 8.53. The number of benzene rings is 1. The molecule has 1 aromatic carbocycles. The number of hydrogen-bond acceptors (Lipinski definition) is 3. The number of carbonyl (C=O) groups is 1. The Morgan fingerprint density at radius 2 is 2.06 bits per heavy atom. The Bertz CT molecular complexity index is 327. The van der Waals surface area contributed by atoms with Crippen LogP contribution in [0, 0.1) is 0 Å². The molecule has 0 atom stereocenters. The standard InChI is InChI=1S/C13H19NO3/c1-14(13(16)17-11-10-15)9-5-8-12-6-3-2-4-7-12/h2-4,6-7,15H,5,8-11H2,1H3. The summed E-state index contributed by atoms with van der Waals surface area (Å²) < 4.78 is 4.79. The van der Waals surface area contributed by atoms with Gasteiger partial charge in [0.2, 0.25) is 0 Å². The number of carbonyl (C=O) groups excluding carboxylic acids is 1. The molecule has 0 saturated carbocycles. The SMILES string of the molecule is CN(CCCc1ccccc1)C(=O)OCCO. The molecule has 0 aliphatic carbocycles. The van der Waals surface area contributed by atoms with E-state index in [1.165, 1.54) is 10.5 Å². The second-order valence-electron chi connectivity index (χ2n) is 3.85. The van der Waals surface area contributed by atoms with Crippen LogP contribution in [0.1, 0.15) is 12.0 Å². The minimum atomic E-state index is -0.382. The number of hydrogen-bond donors (Lipinski definition) is 1. The van der Waals surface area contributed by atoms with Crippen LogP contribution in [-0.2, 0) is 11.2 Å². The molecule has 0 fully saturated rings. The van der Waals surface area contributed by atoms with Crippen molar-refractivity contribution in [2.45, 2.75) is 12.8 Å². The van der Waals surface area contributed by atoms with E-state index in [1.807, 2.05) is 18.2 Å². The van der Waals surface area contributed by atoms with E-state index in [4.69, 9.17) is 9.84 Å². The van der Waals surface area contributed by atoms with Crippen molar-refractivity contribution in [2.75, 3.05) is 26.8 Å². The number of aryl methyl sites for hydroxylation is 1. The van der Waals surface area contributed by atoms with Gasteiger partial charge in [0.15, 0.2) is 0 Å². The topological polar surface area (TPSA) is 49.8 Å². The van der Waals surface area contributed by atoms with Crippen molar-refractivity contribution in [3.8, 4) is 0 Å². The van der Waals surface area contributed by atoms with Crippen LogP contribution in [-0.4, -0.2) is 42.9 Å². The third kappa shape index (κ3) is 5.36. The maximum atomic E-state index is 11.3. The van der Waals surface area contributed by atoms with Crippen LogP contribution in [0.5, 0.6) is 0 Å². The minimum absolute atomic E-state index is 0.0574. The molecule has 0 aliphatic rings. The maximum Gasteiger partial charge on any atom is 0.409 e. The van der Waals surface area contributed by atoms with Crippen molar-refractivity contribution < 1.29 is 14.6 Å². The molecule has 0 radical (unpaired) electrons. The Kier molecular flexibility index (Phi) is 6.10. The number of nitrogens with zero attached hydrogens (tertiary/aromatic N) is 1. The minimum Gasteiger partial charge on any atom is -0.447 e. The number of aliphatic hydroxyl groups is 1. The molecule has 0 spiro atoms. The number of ether oxygens (including phenoxy) is 1. The lowest BCUT2D eigenvalue weighted by atomic mass is 10.1. The second kappa shape index (κ2) is 7.68. The smallest absolute Gasteiger partial charge is 0.409 e. The summed E-state index contributed by atoms with van der Waals surface area (Å²) in [5.41, 5.74) is 1.27. The van der Waals surface area contributed by atoms with E-state index >= 15 is 0 Å². The Labute approximate surface area is 102 Å². The zero-order valence-corrected chi connectivity index (χ0v) is 10.1. The van der Waals surface area contributed by atoms with E-state index in [0.717, 1.165) is 12.8 Å². The summed E-state index contributed by atoms with van der Waals surface area (Å²) in [6, 6.07) is 10.2. The third-order valence-electron chi connectivity index (χ3n) is 2.43. The molecule has 17 heavy (non-hydrogen) atoms. The quantitative estimate of drug-likeness (QED) is 0.819. The summed E-state index contributed by atoms with van der Waals surface area (Å²) >= 11 is 0. The van der Waals surface area contributed by atoms with Crippen molar-refractivity contribution in [2.24, 2.45) is 0 Å². The summed E-state index contributed by atoms with van der Waals surface area (Å²) in [7, 11) is 1.70. The molecule has 1 rings (SSSR count). The van der Waals surface area contributed by atoms with Crippen molar-refractivity contribution >= 4 is 6.09 Å². The molecule has 0 heterocycles. The average Bonchev–Trinajstić information content (AvgIpc) is 2.37. The van der Waals surface area contributed by atoms with E-state index in [0.29, 0.717) is 6.54 Å². The zero-order chi connectivity index (χ0) is 12.5.